The molecule has 2 fully saturated rings. The highest BCUT2D eigenvalue weighted by molar-refractivity contribution is 5.36. The van der Waals surface area contributed by atoms with Crippen LogP contribution < -0.4 is 5.32 Å². The van der Waals surface area contributed by atoms with E-state index in [1.165, 1.54) is 0 Å². The van der Waals surface area contributed by atoms with E-state index in [9.17, 15) is 4.79 Å². The van der Waals surface area contributed by atoms with Gasteiger partial charge in [-0.05, 0) is 6.42 Å². The van der Waals surface area contributed by atoms with Crippen LogP contribution >= 0.6 is 0 Å². The van der Waals surface area contributed by atoms with Crippen LogP contribution in [0, 0.1) is 0 Å². The van der Waals surface area contributed by atoms with Gasteiger partial charge >= 0.3 is 6.47 Å². The minimum absolute atomic E-state index is 0.426. The maximum atomic E-state index is 9.95. The zero-order valence-electron chi connectivity index (χ0n) is 5.62. The van der Waals surface area contributed by atoms with Crippen molar-refractivity contribution in [3.63, 3.8) is 0 Å². The Morgan fingerprint density at radius 1 is 1.70 bits per heavy atom. The predicted octanol–water partition coefficient (Wildman–Crippen LogP) is -0.880. The molecule has 10 heavy (non-hydrogen) atoms. The van der Waals surface area contributed by atoms with Gasteiger partial charge in [-0.25, -0.2) is 0 Å². The van der Waals surface area contributed by atoms with Crippen LogP contribution in [0.1, 0.15) is 6.42 Å². The minimum Gasteiger partial charge on any atom is -0.370 e. The summed E-state index contributed by atoms with van der Waals surface area (Å²) >= 11 is 0. The van der Waals surface area contributed by atoms with Crippen molar-refractivity contribution < 1.29 is 9.63 Å². The van der Waals surface area contributed by atoms with Gasteiger partial charge in [-0.2, -0.15) is 0 Å². The van der Waals surface area contributed by atoms with E-state index in [2.05, 4.69) is 5.32 Å². The van der Waals surface area contributed by atoms with Crippen molar-refractivity contribution >= 4 is 6.47 Å². The third-order valence-corrected chi connectivity index (χ3v) is 2.18. The first-order valence-electron chi connectivity index (χ1n) is 3.50. The molecule has 4 heteroatoms. The van der Waals surface area contributed by atoms with Crippen LogP contribution in [0.5, 0.6) is 0 Å². The number of nitrogens with zero attached hydrogens (tertiary/aromatic N) is 1. The number of fused-ring (bicyclic) bond motifs is 2. The summed E-state index contributed by atoms with van der Waals surface area (Å²) in [6.07, 6.45) is 1.12. The molecule has 0 saturated carbocycles. The van der Waals surface area contributed by atoms with E-state index < -0.39 is 0 Å². The van der Waals surface area contributed by atoms with Crippen molar-refractivity contribution in [2.45, 2.75) is 18.5 Å². The molecule has 0 aliphatic carbocycles. The molecule has 1 N–H and O–H groups in total. The lowest BCUT2D eigenvalue weighted by atomic mass is 10.2. The topological polar surface area (TPSA) is 41.6 Å². The van der Waals surface area contributed by atoms with Crippen LogP contribution in [0.25, 0.3) is 0 Å². The van der Waals surface area contributed by atoms with Gasteiger partial charge in [-0.3, -0.25) is 4.79 Å². The van der Waals surface area contributed by atoms with Crippen molar-refractivity contribution in [3.8, 4) is 0 Å². The van der Waals surface area contributed by atoms with E-state index in [0.717, 1.165) is 19.5 Å². The lowest BCUT2D eigenvalue weighted by molar-refractivity contribution is -0.179. The van der Waals surface area contributed by atoms with Crippen molar-refractivity contribution in [1.82, 2.24) is 10.4 Å². The van der Waals surface area contributed by atoms with Gasteiger partial charge in [-0.15, -0.1) is 5.06 Å². The molecule has 56 valence electrons. The molecule has 2 aliphatic rings. The van der Waals surface area contributed by atoms with Crippen molar-refractivity contribution in [1.29, 1.82) is 0 Å². The van der Waals surface area contributed by atoms with Gasteiger partial charge in [0.15, 0.2) is 0 Å². The summed E-state index contributed by atoms with van der Waals surface area (Å²) in [4.78, 5) is 14.7. The van der Waals surface area contributed by atoms with Gasteiger partial charge < -0.3 is 10.2 Å². The molecule has 2 unspecified atom stereocenters. The quantitative estimate of drug-likeness (QED) is 0.508. The number of carbonyl (C=O) groups excluding carboxylic acids is 1. The van der Waals surface area contributed by atoms with E-state index in [1.54, 1.807) is 5.06 Å². The Balaban J connectivity index is 1.95. The molecule has 2 heterocycles. The molecular weight excluding hydrogens is 132 g/mol. The standard InChI is InChI=1S/C6H10N2O2/c9-4-10-8-3-5-1-6(8)2-7-5/h4-7H,1-3H2. The summed E-state index contributed by atoms with van der Waals surface area (Å²) in [5.74, 6) is 0. The molecule has 0 spiro atoms. The van der Waals surface area contributed by atoms with E-state index in [-0.39, 0.29) is 0 Å². The number of hydroxylamine groups is 2. The number of piperazine rings is 1. The van der Waals surface area contributed by atoms with Gasteiger partial charge in [0.25, 0.3) is 0 Å². The second-order valence-electron chi connectivity index (χ2n) is 2.80. The van der Waals surface area contributed by atoms with E-state index in [1.807, 2.05) is 0 Å². The fourth-order valence-electron chi connectivity index (χ4n) is 1.71. The van der Waals surface area contributed by atoms with E-state index in [4.69, 9.17) is 4.84 Å². The van der Waals surface area contributed by atoms with Crippen LogP contribution in [0.15, 0.2) is 0 Å². The Morgan fingerprint density at radius 2 is 2.60 bits per heavy atom. The molecule has 4 nitrogen and oxygen atoms in total. The SMILES string of the molecule is O=CON1CC2CC1CN2. The second-order valence-corrected chi connectivity index (χ2v) is 2.80. The van der Waals surface area contributed by atoms with Crippen molar-refractivity contribution in [2.75, 3.05) is 13.1 Å². The summed E-state index contributed by atoms with van der Waals surface area (Å²) in [6, 6.07) is 0.972. The Hall–Kier alpha value is -0.610. The fourth-order valence-corrected chi connectivity index (χ4v) is 1.71. The van der Waals surface area contributed by atoms with Crippen LogP contribution in [0.4, 0.5) is 0 Å². The molecule has 2 rings (SSSR count). The highest BCUT2D eigenvalue weighted by Gasteiger charge is 2.38. The summed E-state index contributed by atoms with van der Waals surface area (Å²) < 4.78 is 0. The van der Waals surface area contributed by atoms with Gasteiger partial charge in [0.05, 0.1) is 12.6 Å². The fraction of sp³-hybridized carbons (Fsp3) is 0.833. The highest BCUT2D eigenvalue weighted by Crippen LogP contribution is 2.22. The molecule has 0 aromatic rings. The number of hydrogen-bond donors (Lipinski definition) is 1. The molecule has 0 radical (unpaired) electrons. The molecule has 2 aliphatic heterocycles. The average Bonchev–Trinajstić information content (AvgIpc) is 2.48. The van der Waals surface area contributed by atoms with Crippen LogP contribution in [0.3, 0.4) is 0 Å². The van der Waals surface area contributed by atoms with Crippen molar-refractivity contribution in [2.24, 2.45) is 0 Å². The van der Waals surface area contributed by atoms with Gasteiger partial charge in [-0.1, -0.05) is 0 Å². The molecule has 0 amide bonds. The van der Waals surface area contributed by atoms with Crippen LogP contribution in [-0.2, 0) is 9.63 Å². The van der Waals surface area contributed by atoms with Gasteiger partial charge in [0.1, 0.15) is 0 Å². The number of carbonyl (C=O) groups is 1. The van der Waals surface area contributed by atoms with E-state index >= 15 is 0 Å². The first-order chi connectivity index (χ1) is 4.90. The Bertz CT molecular complexity index is 151. The summed E-state index contributed by atoms with van der Waals surface area (Å²) in [5, 5.41) is 5.06. The molecule has 0 aromatic heterocycles. The first-order valence-corrected chi connectivity index (χ1v) is 3.50. The maximum Gasteiger partial charge on any atom is 0.313 e. The second kappa shape index (κ2) is 2.21. The highest BCUT2D eigenvalue weighted by atomic mass is 16.7. The summed E-state index contributed by atoms with van der Waals surface area (Å²) in [5.41, 5.74) is 0. The summed E-state index contributed by atoms with van der Waals surface area (Å²) in [7, 11) is 0. The number of rotatable bonds is 2. The Labute approximate surface area is 59.1 Å². The zero-order valence-corrected chi connectivity index (χ0v) is 5.62. The molecule has 2 atom stereocenters. The lowest BCUT2D eigenvalue weighted by Crippen LogP contribution is -2.43. The van der Waals surface area contributed by atoms with Gasteiger partial charge in [0, 0.05) is 12.6 Å². The molecule has 2 saturated heterocycles. The van der Waals surface area contributed by atoms with Gasteiger partial charge in [0.2, 0.25) is 0 Å². The minimum atomic E-state index is 0.426. The molecule has 0 aromatic carbocycles. The zero-order chi connectivity index (χ0) is 6.97. The van der Waals surface area contributed by atoms with Crippen molar-refractivity contribution in [3.05, 3.63) is 0 Å². The van der Waals surface area contributed by atoms with Crippen LogP contribution in [0.2, 0.25) is 0 Å². The smallest absolute Gasteiger partial charge is 0.313 e. The Morgan fingerprint density at radius 3 is 3.10 bits per heavy atom. The molecular formula is C6H10N2O2. The Kier molecular flexibility index (Phi) is 1.35. The first kappa shape index (κ1) is 6.12. The number of nitrogens with one attached hydrogen (secondary N) is 1. The third kappa shape index (κ3) is 0.803. The average molecular weight is 142 g/mol. The summed E-state index contributed by atoms with van der Waals surface area (Å²) in [6.45, 7) is 2.31. The van der Waals surface area contributed by atoms with E-state index in [0.29, 0.717) is 18.6 Å². The maximum absolute atomic E-state index is 9.95. The largest absolute Gasteiger partial charge is 0.370 e. The normalized spacial score (nSPS) is 38.4. The lowest BCUT2D eigenvalue weighted by Gasteiger charge is -2.23. The third-order valence-electron chi connectivity index (χ3n) is 2.18. The monoisotopic (exact) mass is 142 g/mol. The van der Waals surface area contributed by atoms with Crippen LogP contribution in [-0.4, -0.2) is 36.7 Å². The molecule has 2 bridgehead atoms. The predicted molar refractivity (Wildman–Crippen MR) is 34.1 cm³/mol. The number of hydrogen-bond acceptors (Lipinski definition) is 4.